The maximum absolute atomic E-state index is 6.75. The Bertz CT molecular complexity index is 2660. The van der Waals surface area contributed by atoms with Gasteiger partial charge in [0.2, 0.25) is 0 Å². The molecule has 0 atom stereocenters. The third-order valence-corrected chi connectivity index (χ3v) is 9.39. The maximum atomic E-state index is 6.75. The Morgan fingerprint density at radius 2 is 1.10 bits per heavy atom. The summed E-state index contributed by atoms with van der Waals surface area (Å²) in [4.78, 5) is 15.0. The molecule has 6 aromatic carbocycles. The van der Waals surface area contributed by atoms with Gasteiger partial charge in [0, 0.05) is 43.8 Å². The molecular formula is C43H27N3O2. The van der Waals surface area contributed by atoms with E-state index in [1.54, 1.807) is 0 Å². The molecule has 48 heavy (non-hydrogen) atoms. The molecule has 226 valence electrons. The highest BCUT2D eigenvalue weighted by atomic mass is 16.3. The second-order valence-electron chi connectivity index (χ2n) is 12.3. The van der Waals surface area contributed by atoms with Gasteiger partial charge in [-0.1, -0.05) is 115 Å². The van der Waals surface area contributed by atoms with Crippen LogP contribution in [0.1, 0.15) is 17.5 Å². The average Bonchev–Trinajstić information content (AvgIpc) is 3.72. The van der Waals surface area contributed by atoms with Crippen molar-refractivity contribution in [1.82, 2.24) is 15.0 Å². The Kier molecular flexibility index (Phi) is 5.93. The second kappa shape index (κ2) is 10.6. The second-order valence-corrected chi connectivity index (χ2v) is 12.3. The minimum Gasteiger partial charge on any atom is -0.456 e. The van der Waals surface area contributed by atoms with Gasteiger partial charge in [-0.15, -0.1) is 0 Å². The van der Waals surface area contributed by atoms with Crippen molar-refractivity contribution in [3.05, 3.63) is 145 Å². The van der Waals surface area contributed by atoms with Gasteiger partial charge in [0.05, 0.1) is 0 Å². The van der Waals surface area contributed by atoms with E-state index in [1.165, 1.54) is 11.1 Å². The molecule has 0 bridgehead atoms. The highest BCUT2D eigenvalue weighted by molar-refractivity contribution is 6.19. The van der Waals surface area contributed by atoms with E-state index in [4.69, 9.17) is 23.8 Å². The Hall–Kier alpha value is -6.33. The number of fused-ring (bicyclic) bond motifs is 7. The molecule has 0 aliphatic heterocycles. The first-order chi connectivity index (χ1) is 23.8. The molecule has 10 rings (SSSR count). The molecule has 5 nitrogen and oxygen atoms in total. The summed E-state index contributed by atoms with van der Waals surface area (Å²) in [5.74, 6) is 1.85. The highest BCUT2D eigenvalue weighted by Gasteiger charge is 2.22. The van der Waals surface area contributed by atoms with E-state index >= 15 is 0 Å². The number of benzene rings is 6. The Labute approximate surface area is 275 Å². The zero-order chi connectivity index (χ0) is 31.6. The largest absolute Gasteiger partial charge is 0.456 e. The van der Waals surface area contributed by atoms with Gasteiger partial charge in [-0.2, -0.15) is 0 Å². The number of nitrogens with zero attached hydrogens (tertiary/aromatic N) is 3. The third kappa shape index (κ3) is 4.21. The number of hydrogen-bond donors (Lipinski definition) is 0. The lowest BCUT2D eigenvalue weighted by molar-refractivity contribution is 0.668. The van der Waals surface area contributed by atoms with Gasteiger partial charge in [0.25, 0.3) is 0 Å². The molecule has 0 saturated heterocycles. The number of allylic oxidation sites excluding steroid dienone is 1. The predicted molar refractivity (Wildman–Crippen MR) is 193 cm³/mol. The zero-order valence-electron chi connectivity index (χ0n) is 25.9. The molecule has 9 aromatic rings. The van der Waals surface area contributed by atoms with Crippen LogP contribution in [0.3, 0.4) is 0 Å². The number of rotatable bonds is 4. The van der Waals surface area contributed by atoms with E-state index in [0.29, 0.717) is 17.5 Å². The van der Waals surface area contributed by atoms with Crippen LogP contribution < -0.4 is 0 Å². The highest BCUT2D eigenvalue weighted by Crippen LogP contribution is 2.44. The van der Waals surface area contributed by atoms with Gasteiger partial charge in [-0.3, -0.25) is 0 Å². The van der Waals surface area contributed by atoms with Crippen molar-refractivity contribution in [2.45, 2.75) is 12.8 Å². The van der Waals surface area contributed by atoms with Crippen LogP contribution in [-0.4, -0.2) is 15.0 Å². The number of para-hydroxylation sites is 1. The lowest BCUT2D eigenvalue weighted by atomic mass is 9.93. The summed E-state index contributed by atoms with van der Waals surface area (Å²) >= 11 is 0. The summed E-state index contributed by atoms with van der Waals surface area (Å²) in [6.07, 6.45) is 6.58. The van der Waals surface area contributed by atoms with E-state index in [2.05, 4.69) is 66.7 Å². The van der Waals surface area contributed by atoms with Gasteiger partial charge < -0.3 is 8.83 Å². The van der Waals surface area contributed by atoms with Crippen LogP contribution in [0.5, 0.6) is 0 Å². The van der Waals surface area contributed by atoms with E-state index in [1.807, 2.05) is 72.8 Å². The first-order valence-corrected chi connectivity index (χ1v) is 16.3. The number of furan rings is 2. The Morgan fingerprint density at radius 1 is 0.479 bits per heavy atom. The molecule has 0 spiro atoms. The molecule has 5 heteroatoms. The average molecular weight is 618 g/mol. The lowest BCUT2D eigenvalue weighted by Gasteiger charge is -2.10. The van der Waals surface area contributed by atoms with Crippen LogP contribution in [0.2, 0.25) is 0 Å². The van der Waals surface area contributed by atoms with Crippen LogP contribution in [0.25, 0.3) is 95.2 Å². The molecule has 0 unspecified atom stereocenters. The summed E-state index contributed by atoms with van der Waals surface area (Å²) in [5, 5.41) is 4.19. The smallest absolute Gasteiger partial charge is 0.164 e. The van der Waals surface area contributed by atoms with Crippen LogP contribution in [0.4, 0.5) is 0 Å². The molecule has 3 heterocycles. The van der Waals surface area contributed by atoms with Crippen molar-refractivity contribution in [3.63, 3.8) is 0 Å². The fourth-order valence-electron chi connectivity index (χ4n) is 7.15. The third-order valence-electron chi connectivity index (χ3n) is 9.39. The van der Waals surface area contributed by atoms with Crippen molar-refractivity contribution < 1.29 is 8.83 Å². The number of aryl methyl sites for hydroxylation is 1. The van der Waals surface area contributed by atoms with Crippen LogP contribution in [0.15, 0.2) is 142 Å². The van der Waals surface area contributed by atoms with Crippen molar-refractivity contribution in [2.24, 2.45) is 0 Å². The fourth-order valence-corrected chi connectivity index (χ4v) is 7.15. The van der Waals surface area contributed by atoms with Crippen molar-refractivity contribution in [1.29, 1.82) is 0 Å². The summed E-state index contributed by atoms with van der Waals surface area (Å²) in [6, 6.07) is 43.4. The van der Waals surface area contributed by atoms with Crippen molar-refractivity contribution >= 4 is 50.0 Å². The summed E-state index contributed by atoms with van der Waals surface area (Å²) in [6.45, 7) is 0. The van der Waals surface area contributed by atoms with E-state index in [9.17, 15) is 0 Å². The SMILES string of the molecule is C1=Cc2cc3c(cc2CC1)oc1cccc(-c2cccc4c2oc2cccc(-c5nc(-c6ccccc6)nc(-c6ccccc6)n5)c24)c13. The minimum atomic E-state index is 0.599. The fraction of sp³-hybridized carbons (Fsp3) is 0.0465. The first kappa shape index (κ1) is 26.8. The van der Waals surface area contributed by atoms with Gasteiger partial charge in [0.1, 0.15) is 22.3 Å². The van der Waals surface area contributed by atoms with E-state index in [-0.39, 0.29) is 0 Å². The van der Waals surface area contributed by atoms with Crippen LogP contribution >= 0.6 is 0 Å². The molecule has 0 amide bonds. The van der Waals surface area contributed by atoms with Gasteiger partial charge in [0.15, 0.2) is 17.5 Å². The Morgan fingerprint density at radius 3 is 1.85 bits per heavy atom. The van der Waals surface area contributed by atoms with Gasteiger partial charge in [-0.25, -0.2) is 15.0 Å². The van der Waals surface area contributed by atoms with Gasteiger partial charge in [-0.05, 0) is 53.8 Å². The lowest BCUT2D eigenvalue weighted by Crippen LogP contribution is -2.00. The zero-order valence-corrected chi connectivity index (χ0v) is 25.9. The number of aromatic nitrogens is 3. The minimum absolute atomic E-state index is 0.599. The van der Waals surface area contributed by atoms with E-state index in [0.717, 1.165) is 84.5 Å². The molecule has 1 aliphatic carbocycles. The molecule has 0 radical (unpaired) electrons. The normalized spacial score (nSPS) is 12.8. The summed E-state index contributed by atoms with van der Waals surface area (Å²) in [5.41, 5.74) is 10.8. The maximum Gasteiger partial charge on any atom is 0.164 e. The first-order valence-electron chi connectivity index (χ1n) is 16.3. The van der Waals surface area contributed by atoms with Crippen LogP contribution in [-0.2, 0) is 6.42 Å². The molecule has 0 saturated carbocycles. The number of hydrogen-bond acceptors (Lipinski definition) is 5. The molecule has 0 fully saturated rings. The molecule has 1 aliphatic rings. The standard InChI is InChI=1S/C43H27N3O2/c1-3-12-26(13-4-1)41-44-42(27-14-5-2-6-15-27)46-43(45-41)33-21-11-23-36-39(33)32-20-9-19-31(40(32)48-36)30-18-10-22-35-38(30)34-24-28-16-7-8-17-29(28)25-37(34)47-35/h1-7,9-16,18-25H,8,17H2. The van der Waals surface area contributed by atoms with Crippen LogP contribution in [0, 0.1) is 0 Å². The quantitative estimate of drug-likeness (QED) is 0.197. The Balaban J connectivity index is 1.21. The van der Waals surface area contributed by atoms with Crippen molar-refractivity contribution in [3.8, 4) is 45.3 Å². The predicted octanol–water partition coefficient (Wildman–Crippen LogP) is 11.3. The molecule has 3 aromatic heterocycles. The van der Waals surface area contributed by atoms with Crippen molar-refractivity contribution in [2.75, 3.05) is 0 Å². The molecule has 0 N–H and O–H groups in total. The molecular weight excluding hydrogens is 590 g/mol. The van der Waals surface area contributed by atoms with Gasteiger partial charge >= 0.3 is 0 Å². The summed E-state index contributed by atoms with van der Waals surface area (Å²) in [7, 11) is 0. The summed E-state index contributed by atoms with van der Waals surface area (Å²) < 4.78 is 13.2. The monoisotopic (exact) mass is 617 g/mol. The van der Waals surface area contributed by atoms with E-state index < -0.39 is 0 Å². The topological polar surface area (TPSA) is 65.0 Å².